The van der Waals surface area contributed by atoms with E-state index >= 15 is 0 Å². The zero-order valence-corrected chi connectivity index (χ0v) is 9.86. The smallest absolute Gasteiger partial charge is 0.142 e. The summed E-state index contributed by atoms with van der Waals surface area (Å²) >= 11 is 0. The van der Waals surface area contributed by atoms with Gasteiger partial charge >= 0.3 is 0 Å². The van der Waals surface area contributed by atoms with E-state index < -0.39 is 0 Å². The average molecular weight is 206 g/mol. The topological polar surface area (TPSA) is 44.9 Å². The van der Waals surface area contributed by atoms with Crippen LogP contribution in [0.15, 0.2) is 6.33 Å². The maximum absolute atomic E-state index is 9.20. The van der Waals surface area contributed by atoms with Crippen LogP contribution >= 0.6 is 0 Å². The lowest BCUT2D eigenvalue weighted by Gasteiger charge is -2.23. The molecule has 0 N–H and O–H groups in total. The molecule has 1 heterocycles. The van der Waals surface area contributed by atoms with Gasteiger partial charge in [-0.3, -0.25) is 4.90 Å². The molecule has 0 aliphatic rings. The molecule has 0 radical (unpaired) electrons. The second-order valence-corrected chi connectivity index (χ2v) is 3.58. The standard InChI is InChI=1S/C11H18N4/c1-5-15(6-2)10(7-12)11-9(3)14(4)8-13-11/h8,10H,5-6H2,1-4H3. The van der Waals surface area contributed by atoms with Gasteiger partial charge in [0.25, 0.3) is 0 Å². The third kappa shape index (κ3) is 2.18. The molecular formula is C11H18N4. The highest BCUT2D eigenvalue weighted by atomic mass is 15.2. The number of nitriles is 1. The number of aromatic nitrogens is 2. The Bertz CT molecular complexity index is 357. The number of hydrogen-bond donors (Lipinski definition) is 0. The fourth-order valence-corrected chi connectivity index (χ4v) is 1.68. The van der Waals surface area contributed by atoms with Crippen LogP contribution in [0.5, 0.6) is 0 Å². The number of hydrogen-bond acceptors (Lipinski definition) is 3. The maximum atomic E-state index is 9.20. The molecule has 0 aromatic carbocycles. The molecule has 4 heteroatoms. The minimum Gasteiger partial charge on any atom is -0.338 e. The molecule has 0 fully saturated rings. The van der Waals surface area contributed by atoms with E-state index in [1.54, 1.807) is 6.33 Å². The zero-order chi connectivity index (χ0) is 11.4. The number of nitrogens with zero attached hydrogens (tertiary/aromatic N) is 4. The fourth-order valence-electron chi connectivity index (χ4n) is 1.68. The summed E-state index contributed by atoms with van der Waals surface area (Å²) in [5.41, 5.74) is 1.94. The van der Waals surface area contributed by atoms with E-state index in [-0.39, 0.29) is 6.04 Å². The van der Waals surface area contributed by atoms with Crippen LogP contribution in [0.2, 0.25) is 0 Å². The van der Waals surface area contributed by atoms with Crippen molar-refractivity contribution in [2.45, 2.75) is 26.8 Å². The lowest BCUT2D eigenvalue weighted by atomic mass is 10.1. The van der Waals surface area contributed by atoms with Crippen molar-refractivity contribution in [3.8, 4) is 6.07 Å². The van der Waals surface area contributed by atoms with Gasteiger partial charge in [-0.05, 0) is 20.0 Å². The van der Waals surface area contributed by atoms with Gasteiger partial charge in [0.15, 0.2) is 0 Å². The first-order valence-corrected chi connectivity index (χ1v) is 5.27. The molecule has 1 rings (SSSR count). The van der Waals surface area contributed by atoms with Crippen LogP contribution < -0.4 is 0 Å². The molecule has 1 aromatic rings. The second-order valence-electron chi connectivity index (χ2n) is 3.58. The second kappa shape index (κ2) is 4.94. The van der Waals surface area contributed by atoms with Crippen LogP contribution in [0.1, 0.15) is 31.3 Å². The molecule has 1 atom stereocenters. The first-order chi connectivity index (χ1) is 7.15. The maximum Gasteiger partial charge on any atom is 0.142 e. The van der Waals surface area contributed by atoms with Gasteiger partial charge in [-0.15, -0.1) is 0 Å². The predicted octanol–water partition coefficient (Wildman–Crippen LogP) is 1.64. The van der Waals surface area contributed by atoms with E-state index in [0.29, 0.717) is 0 Å². The molecule has 0 spiro atoms. The summed E-state index contributed by atoms with van der Waals surface area (Å²) in [5, 5.41) is 9.20. The minimum absolute atomic E-state index is 0.221. The number of rotatable bonds is 4. The highest BCUT2D eigenvalue weighted by Crippen LogP contribution is 2.20. The van der Waals surface area contributed by atoms with Crippen LogP contribution in [0.25, 0.3) is 0 Å². The first kappa shape index (κ1) is 11.7. The third-order valence-electron chi connectivity index (χ3n) is 2.83. The third-order valence-corrected chi connectivity index (χ3v) is 2.83. The summed E-state index contributed by atoms with van der Waals surface area (Å²) in [4.78, 5) is 6.41. The van der Waals surface area contributed by atoms with E-state index in [0.717, 1.165) is 24.5 Å². The highest BCUT2D eigenvalue weighted by molar-refractivity contribution is 5.21. The fraction of sp³-hybridized carbons (Fsp3) is 0.636. The Morgan fingerprint density at radius 2 is 2.13 bits per heavy atom. The lowest BCUT2D eigenvalue weighted by molar-refractivity contribution is 0.258. The lowest BCUT2D eigenvalue weighted by Crippen LogP contribution is -2.28. The summed E-state index contributed by atoms with van der Waals surface area (Å²) in [6.07, 6.45) is 1.76. The molecule has 0 aliphatic carbocycles. The molecule has 4 nitrogen and oxygen atoms in total. The van der Waals surface area contributed by atoms with Gasteiger partial charge in [0.2, 0.25) is 0 Å². The SMILES string of the molecule is CCN(CC)C(C#N)c1ncn(C)c1C. The van der Waals surface area contributed by atoms with Gasteiger partial charge in [-0.25, -0.2) is 4.98 Å². The summed E-state index contributed by atoms with van der Waals surface area (Å²) in [7, 11) is 1.95. The Labute approximate surface area is 91.1 Å². The molecule has 82 valence electrons. The zero-order valence-electron chi connectivity index (χ0n) is 9.86. The minimum atomic E-state index is -0.221. The van der Waals surface area contributed by atoms with Gasteiger partial charge in [-0.1, -0.05) is 13.8 Å². The number of imidazole rings is 1. The van der Waals surface area contributed by atoms with Crippen molar-refractivity contribution in [2.75, 3.05) is 13.1 Å². The Hall–Kier alpha value is -1.34. The van der Waals surface area contributed by atoms with E-state index in [1.807, 2.05) is 18.5 Å². The molecule has 1 unspecified atom stereocenters. The Kier molecular flexibility index (Phi) is 3.87. The predicted molar refractivity (Wildman–Crippen MR) is 59.2 cm³/mol. The van der Waals surface area contributed by atoms with Gasteiger partial charge in [0, 0.05) is 12.7 Å². The Balaban J connectivity index is 3.03. The number of aryl methyl sites for hydroxylation is 1. The molecular weight excluding hydrogens is 188 g/mol. The monoisotopic (exact) mass is 206 g/mol. The molecule has 1 aromatic heterocycles. The quantitative estimate of drug-likeness (QED) is 0.752. The van der Waals surface area contributed by atoms with Crippen LogP contribution in [0.3, 0.4) is 0 Å². The van der Waals surface area contributed by atoms with E-state index in [4.69, 9.17) is 0 Å². The van der Waals surface area contributed by atoms with Gasteiger partial charge < -0.3 is 4.57 Å². The van der Waals surface area contributed by atoms with Crippen molar-refractivity contribution in [1.29, 1.82) is 5.26 Å². The van der Waals surface area contributed by atoms with Crippen molar-refractivity contribution < 1.29 is 0 Å². The van der Waals surface area contributed by atoms with Crippen LogP contribution in [-0.2, 0) is 7.05 Å². The summed E-state index contributed by atoms with van der Waals surface area (Å²) in [5.74, 6) is 0. The molecule has 0 amide bonds. The van der Waals surface area contributed by atoms with Gasteiger partial charge in [0.1, 0.15) is 6.04 Å². The molecule has 15 heavy (non-hydrogen) atoms. The molecule has 0 saturated heterocycles. The van der Waals surface area contributed by atoms with Crippen molar-refractivity contribution in [2.24, 2.45) is 7.05 Å². The Morgan fingerprint density at radius 3 is 2.47 bits per heavy atom. The van der Waals surface area contributed by atoms with Gasteiger partial charge in [-0.2, -0.15) is 5.26 Å². The Morgan fingerprint density at radius 1 is 1.53 bits per heavy atom. The normalized spacial score (nSPS) is 12.8. The summed E-state index contributed by atoms with van der Waals surface area (Å²) in [6.45, 7) is 7.85. The van der Waals surface area contributed by atoms with Crippen LogP contribution in [-0.4, -0.2) is 27.5 Å². The molecule has 0 aliphatic heterocycles. The van der Waals surface area contributed by atoms with Crippen LogP contribution in [0.4, 0.5) is 0 Å². The van der Waals surface area contributed by atoms with Crippen molar-refractivity contribution in [3.63, 3.8) is 0 Å². The van der Waals surface area contributed by atoms with Crippen molar-refractivity contribution >= 4 is 0 Å². The average Bonchev–Trinajstić information content (AvgIpc) is 2.57. The molecule has 0 bridgehead atoms. The van der Waals surface area contributed by atoms with E-state index in [9.17, 15) is 5.26 Å². The van der Waals surface area contributed by atoms with Crippen LogP contribution in [0, 0.1) is 18.3 Å². The molecule has 0 saturated carbocycles. The summed E-state index contributed by atoms with van der Waals surface area (Å²) in [6, 6.07) is 2.10. The van der Waals surface area contributed by atoms with E-state index in [2.05, 4.69) is 29.8 Å². The van der Waals surface area contributed by atoms with Gasteiger partial charge in [0.05, 0.1) is 18.1 Å². The highest BCUT2D eigenvalue weighted by Gasteiger charge is 2.21. The van der Waals surface area contributed by atoms with Crippen molar-refractivity contribution in [1.82, 2.24) is 14.5 Å². The van der Waals surface area contributed by atoms with Crippen molar-refractivity contribution in [3.05, 3.63) is 17.7 Å². The first-order valence-electron chi connectivity index (χ1n) is 5.27. The summed E-state index contributed by atoms with van der Waals surface area (Å²) < 4.78 is 1.95. The largest absolute Gasteiger partial charge is 0.338 e. The van der Waals surface area contributed by atoms with E-state index in [1.165, 1.54) is 0 Å².